The zero-order valence-electron chi connectivity index (χ0n) is 13.5. The predicted octanol–water partition coefficient (Wildman–Crippen LogP) is 3.59. The van der Waals surface area contributed by atoms with Crippen LogP contribution in [0, 0.1) is 0 Å². The Morgan fingerprint density at radius 2 is 2.30 bits per heavy atom. The Balaban J connectivity index is 1.66. The zero-order chi connectivity index (χ0) is 16.2. The highest BCUT2D eigenvalue weighted by Gasteiger charge is 2.25. The Labute approximate surface area is 144 Å². The van der Waals surface area contributed by atoms with Crippen molar-refractivity contribution >= 4 is 22.9 Å². The average Bonchev–Trinajstić information content (AvgIpc) is 3.29. The zero-order valence-corrected chi connectivity index (χ0v) is 15.1. The molecule has 2 aromatic heterocycles. The molecule has 0 amide bonds. The molecule has 7 heteroatoms. The molecular weight excluding hydrogens is 328 g/mol. The van der Waals surface area contributed by atoms with Crippen LogP contribution in [0.2, 0.25) is 0 Å². The highest BCUT2D eigenvalue weighted by Crippen LogP contribution is 2.39. The van der Waals surface area contributed by atoms with E-state index in [1.807, 2.05) is 19.2 Å². The molecule has 0 saturated heterocycles. The first-order valence-corrected chi connectivity index (χ1v) is 10.2. The molecule has 1 aliphatic rings. The van der Waals surface area contributed by atoms with E-state index in [9.17, 15) is 4.55 Å². The van der Waals surface area contributed by atoms with Crippen molar-refractivity contribution in [3.8, 4) is 11.4 Å². The summed E-state index contributed by atoms with van der Waals surface area (Å²) < 4.78 is 19.5. The maximum Gasteiger partial charge on any atom is 0.173 e. The second kappa shape index (κ2) is 7.70. The van der Waals surface area contributed by atoms with Gasteiger partial charge in [0.1, 0.15) is 16.8 Å². The Bertz CT molecular complexity index is 645. The summed E-state index contributed by atoms with van der Waals surface area (Å²) in [5, 5.41) is 0.870. The molecule has 23 heavy (non-hydrogen) atoms. The van der Waals surface area contributed by atoms with Gasteiger partial charge < -0.3 is 4.55 Å². The summed E-state index contributed by atoms with van der Waals surface area (Å²) in [7, 11) is 0. The van der Waals surface area contributed by atoms with Crippen LogP contribution in [0.5, 0.6) is 0 Å². The summed E-state index contributed by atoms with van der Waals surface area (Å²) in [4.78, 5) is 9.05. The fraction of sp³-hybridized carbons (Fsp3) is 0.562. The van der Waals surface area contributed by atoms with Crippen LogP contribution in [0.3, 0.4) is 0 Å². The molecular formula is C16H22N4OS2. The van der Waals surface area contributed by atoms with Gasteiger partial charge in [-0.3, -0.25) is 4.98 Å². The fourth-order valence-electron chi connectivity index (χ4n) is 2.30. The van der Waals surface area contributed by atoms with Crippen molar-refractivity contribution < 1.29 is 4.55 Å². The summed E-state index contributed by atoms with van der Waals surface area (Å²) in [5.74, 6) is 2.04. The molecule has 124 valence electrons. The van der Waals surface area contributed by atoms with Gasteiger partial charge in [0, 0.05) is 34.7 Å². The van der Waals surface area contributed by atoms with E-state index in [2.05, 4.69) is 32.1 Å². The molecule has 0 radical (unpaired) electrons. The normalized spacial score (nSPS) is 17.2. The molecule has 0 aliphatic heterocycles. The van der Waals surface area contributed by atoms with Gasteiger partial charge in [-0.2, -0.15) is 4.37 Å². The minimum Gasteiger partial charge on any atom is -0.598 e. The lowest BCUT2D eigenvalue weighted by Crippen LogP contribution is -2.29. The van der Waals surface area contributed by atoms with E-state index in [0.29, 0.717) is 11.7 Å². The second-order valence-electron chi connectivity index (χ2n) is 5.94. The first-order valence-electron chi connectivity index (χ1n) is 8.12. The summed E-state index contributed by atoms with van der Waals surface area (Å²) in [6.45, 7) is 4.08. The smallest absolute Gasteiger partial charge is 0.173 e. The Morgan fingerprint density at radius 1 is 1.48 bits per heavy atom. The molecule has 3 rings (SSSR count). The number of unbranched alkanes of at least 4 members (excludes halogenated alkanes) is 1. The number of aromatic nitrogens is 3. The third-order valence-electron chi connectivity index (χ3n) is 3.84. The number of nitrogens with zero attached hydrogens (tertiary/aromatic N) is 3. The van der Waals surface area contributed by atoms with Crippen molar-refractivity contribution in [3.63, 3.8) is 0 Å². The van der Waals surface area contributed by atoms with Gasteiger partial charge in [-0.1, -0.05) is 13.3 Å². The van der Waals surface area contributed by atoms with E-state index in [0.717, 1.165) is 34.9 Å². The van der Waals surface area contributed by atoms with Crippen LogP contribution in [0.1, 0.15) is 62.2 Å². The van der Waals surface area contributed by atoms with Gasteiger partial charge in [0.15, 0.2) is 5.82 Å². The van der Waals surface area contributed by atoms with Crippen molar-refractivity contribution in [2.45, 2.75) is 51.5 Å². The summed E-state index contributed by atoms with van der Waals surface area (Å²) in [6, 6.07) is 4.00. The van der Waals surface area contributed by atoms with Gasteiger partial charge in [0.25, 0.3) is 0 Å². The average molecular weight is 351 g/mol. The lowest BCUT2D eigenvalue weighted by Gasteiger charge is -2.14. The van der Waals surface area contributed by atoms with Gasteiger partial charge in [0.05, 0.1) is 0 Å². The number of pyridine rings is 1. The molecule has 1 unspecified atom stereocenters. The topological polar surface area (TPSA) is 73.8 Å². The number of hydrogen-bond acceptors (Lipinski definition) is 6. The van der Waals surface area contributed by atoms with E-state index >= 15 is 0 Å². The molecule has 1 N–H and O–H groups in total. The van der Waals surface area contributed by atoms with Crippen LogP contribution < -0.4 is 4.72 Å². The van der Waals surface area contributed by atoms with Crippen LogP contribution in [0.4, 0.5) is 0 Å². The van der Waals surface area contributed by atoms with Gasteiger partial charge in [-0.05, 0) is 49.9 Å². The Hall–Kier alpha value is -1.02. The van der Waals surface area contributed by atoms with Gasteiger partial charge in [-0.25, -0.2) is 4.98 Å². The molecule has 1 aliphatic carbocycles. The predicted molar refractivity (Wildman–Crippen MR) is 94.6 cm³/mol. The molecule has 2 atom stereocenters. The molecule has 5 nitrogen and oxygen atoms in total. The van der Waals surface area contributed by atoms with Crippen LogP contribution in [-0.4, -0.2) is 24.6 Å². The number of hydrogen-bond donors (Lipinski definition) is 1. The highest BCUT2D eigenvalue weighted by molar-refractivity contribution is 7.89. The maximum absolute atomic E-state index is 11.9. The number of nitrogens with one attached hydrogen (secondary N) is 1. The summed E-state index contributed by atoms with van der Waals surface area (Å²) in [6.07, 6.45) is 6.32. The third kappa shape index (κ3) is 4.50. The molecule has 1 fully saturated rings. The van der Waals surface area contributed by atoms with E-state index in [1.165, 1.54) is 24.4 Å². The summed E-state index contributed by atoms with van der Waals surface area (Å²) >= 11 is 0.361. The molecule has 0 aromatic carbocycles. The standard InChI is InChI=1S/C16H22N4OS2/c1-3-4-9-23(21)20-11(2)16-18-15(19-22-16)13-7-8-17-14(10-13)12-5-6-12/h7-8,10-12,20H,3-6,9H2,1-2H3/t11-,23?/m0/s1. The maximum atomic E-state index is 11.9. The Kier molecular flexibility index (Phi) is 5.63. The van der Waals surface area contributed by atoms with Gasteiger partial charge in [0.2, 0.25) is 0 Å². The first-order chi connectivity index (χ1) is 11.2. The van der Waals surface area contributed by atoms with Crippen LogP contribution in [0.15, 0.2) is 18.3 Å². The van der Waals surface area contributed by atoms with Crippen LogP contribution in [-0.2, 0) is 11.4 Å². The van der Waals surface area contributed by atoms with Crippen molar-refractivity contribution in [2.75, 3.05) is 5.75 Å². The highest BCUT2D eigenvalue weighted by atomic mass is 32.2. The molecule has 2 heterocycles. The largest absolute Gasteiger partial charge is 0.598 e. The minimum atomic E-state index is -1.01. The van der Waals surface area contributed by atoms with Crippen molar-refractivity contribution in [1.29, 1.82) is 0 Å². The lowest BCUT2D eigenvalue weighted by atomic mass is 10.2. The quantitative estimate of drug-likeness (QED) is 0.737. The first kappa shape index (κ1) is 16.8. The van der Waals surface area contributed by atoms with Crippen LogP contribution in [0.25, 0.3) is 11.4 Å². The van der Waals surface area contributed by atoms with Crippen molar-refractivity contribution in [3.05, 3.63) is 29.0 Å². The van der Waals surface area contributed by atoms with E-state index in [-0.39, 0.29) is 6.04 Å². The fourth-order valence-corrected chi connectivity index (χ4v) is 4.22. The lowest BCUT2D eigenvalue weighted by molar-refractivity contribution is 0.562. The van der Waals surface area contributed by atoms with Crippen molar-refractivity contribution in [1.82, 2.24) is 19.1 Å². The van der Waals surface area contributed by atoms with Crippen LogP contribution >= 0.6 is 11.5 Å². The molecule has 0 spiro atoms. The van der Waals surface area contributed by atoms with E-state index < -0.39 is 11.4 Å². The number of rotatable bonds is 8. The third-order valence-corrected chi connectivity index (χ3v) is 6.01. The van der Waals surface area contributed by atoms with E-state index in [4.69, 9.17) is 0 Å². The minimum absolute atomic E-state index is 0.0521. The Morgan fingerprint density at radius 3 is 3.04 bits per heavy atom. The molecule has 2 aromatic rings. The molecule has 0 bridgehead atoms. The SMILES string of the molecule is CCCC[S+]([O-])N[C@@H](C)c1nc(-c2ccnc(C3CC3)c2)ns1. The van der Waals surface area contributed by atoms with Gasteiger partial charge in [-0.15, -0.1) is 4.72 Å². The van der Waals surface area contributed by atoms with Gasteiger partial charge >= 0.3 is 0 Å². The second-order valence-corrected chi connectivity index (χ2v) is 8.06. The monoisotopic (exact) mass is 350 g/mol. The summed E-state index contributed by atoms with van der Waals surface area (Å²) in [5.41, 5.74) is 2.16. The van der Waals surface area contributed by atoms with E-state index in [1.54, 1.807) is 0 Å². The molecule has 1 saturated carbocycles. The van der Waals surface area contributed by atoms with Crippen molar-refractivity contribution in [2.24, 2.45) is 0 Å².